The van der Waals surface area contributed by atoms with Gasteiger partial charge in [-0.2, -0.15) is 5.10 Å². The summed E-state index contributed by atoms with van der Waals surface area (Å²) in [6, 6.07) is 11.9. The monoisotopic (exact) mass is 338 g/mol. The SMILES string of the molecule is Cn1nc(C(=O)N2CCC(N3CCc4ccccc4C3)C2)ccc1=O. The van der Waals surface area contributed by atoms with Gasteiger partial charge in [0, 0.05) is 45.3 Å². The maximum atomic E-state index is 12.7. The highest BCUT2D eigenvalue weighted by Gasteiger charge is 2.32. The lowest BCUT2D eigenvalue weighted by molar-refractivity contribution is 0.0765. The molecule has 25 heavy (non-hydrogen) atoms. The third kappa shape index (κ3) is 3.09. The Labute approximate surface area is 146 Å². The smallest absolute Gasteiger partial charge is 0.274 e. The quantitative estimate of drug-likeness (QED) is 0.821. The van der Waals surface area contributed by atoms with Gasteiger partial charge in [0.2, 0.25) is 0 Å². The highest BCUT2D eigenvalue weighted by atomic mass is 16.2. The number of carbonyl (C=O) groups excluding carboxylic acids is 1. The van der Waals surface area contributed by atoms with Crippen molar-refractivity contribution in [3.63, 3.8) is 0 Å². The van der Waals surface area contributed by atoms with E-state index in [4.69, 9.17) is 0 Å². The normalized spacial score (nSPS) is 20.5. The minimum atomic E-state index is -0.206. The summed E-state index contributed by atoms with van der Waals surface area (Å²) in [6.07, 6.45) is 2.06. The van der Waals surface area contributed by atoms with E-state index >= 15 is 0 Å². The molecule has 1 aromatic heterocycles. The molecule has 4 rings (SSSR count). The highest BCUT2D eigenvalue weighted by Crippen LogP contribution is 2.24. The minimum Gasteiger partial charge on any atom is -0.336 e. The van der Waals surface area contributed by atoms with Crippen LogP contribution in [0.25, 0.3) is 0 Å². The Kier molecular flexibility index (Phi) is 4.13. The number of rotatable bonds is 2. The van der Waals surface area contributed by atoms with Crippen LogP contribution in [-0.2, 0) is 20.0 Å². The van der Waals surface area contributed by atoms with Gasteiger partial charge in [0.25, 0.3) is 11.5 Å². The number of carbonyl (C=O) groups is 1. The third-order valence-corrected chi connectivity index (χ3v) is 5.31. The van der Waals surface area contributed by atoms with Gasteiger partial charge in [-0.1, -0.05) is 24.3 Å². The predicted octanol–water partition coefficient (Wildman–Crippen LogP) is 1.05. The molecule has 6 nitrogen and oxygen atoms in total. The molecular formula is C19H22N4O2. The summed E-state index contributed by atoms with van der Waals surface area (Å²) < 4.78 is 1.21. The largest absolute Gasteiger partial charge is 0.336 e. The van der Waals surface area contributed by atoms with Crippen LogP contribution >= 0.6 is 0 Å². The van der Waals surface area contributed by atoms with E-state index in [1.165, 1.54) is 27.9 Å². The average Bonchev–Trinajstić information content (AvgIpc) is 3.13. The van der Waals surface area contributed by atoms with Gasteiger partial charge in [-0.15, -0.1) is 0 Å². The molecule has 1 fully saturated rings. The number of hydrogen-bond donors (Lipinski definition) is 0. The first-order valence-corrected chi connectivity index (χ1v) is 8.76. The van der Waals surface area contributed by atoms with Crippen molar-refractivity contribution in [2.24, 2.45) is 7.05 Å². The Bertz CT molecular complexity index is 860. The molecule has 0 aliphatic carbocycles. The first-order valence-electron chi connectivity index (χ1n) is 8.76. The molecule has 0 spiro atoms. The summed E-state index contributed by atoms with van der Waals surface area (Å²) in [5.41, 5.74) is 2.98. The maximum absolute atomic E-state index is 12.7. The van der Waals surface area contributed by atoms with Crippen molar-refractivity contribution >= 4 is 5.91 Å². The summed E-state index contributed by atoms with van der Waals surface area (Å²) in [5.74, 6) is -0.0875. The van der Waals surface area contributed by atoms with Crippen LogP contribution in [0.1, 0.15) is 28.0 Å². The first kappa shape index (κ1) is 16.0. The van der Waals surface area contributed by atoms with E-state index in [0.29, 0.717) is 11.7 Å². The first-order chi connectivity index (χ1) is 12.1. The van der Waals surface area contributed by atoms with E-state index in [9.17, 15) is 9.59 Å². The topological polar surface area (TPSA) is 58.4 Å². The number of hydrogen-bond acceptors (Lipinski definition) is 4. The van der Waals surface area contributed by atoms with E-state index < -0.39 is 0 Å². The Morgan fingerprint density at radius 3 is 2.72 bits per heavy atom. The molecule has 2 aromatic rings. The molecule has 2 aliphatic heterocycles. The lowest BCUT2D eigenvalue weighted by Crippen LogP contribution is -2.42. The molecule has 1 atom stereocenters. The Morgan fingerprint density at radius 2 is 1.92 bits per heavy atom. The Morgan fingerprint density at radius 1 is 1.12 bits per heavy atom. The second-order valence-corrected chi connectivity index (χ2v) is 6.86. The summed E-state index contributed by atoms with van der Waals surface area (Å²) in [5, 5.41) is 4.08. The van der Waals surface area contributed by atoms with Crippen molar-refractivity contribution in [3.8, 4) is 0 Å². The van der Waals surface area contributed by atoms with E-state index in [-0.39, 0.29) is 11.5 Å². The van der Waals surface area contributed by atoms with Gasteiger partial charge in [0.15, 0.2) is 0 Å². The van der Waals surface area contributed by atoms with Crippen molar-refractivity contribution in [1.82, 2.24) is 19.6 Å². The molecule has 0 saturated carbocycles. The molecule has 1 aromatic carbocycles. The van der Waals surface area contributed by atoms with Crippen LogP contribution in [0.3, 0.4) is 0 Å². The second kappa shape index (κ2) is 6.44. The van der Waals surface area contributed by atoms with Crippen LogP contribution in [0.2, 0.25) is 0 Å². The van der Waals surface area contributed by atoms with Gasteiger partial charge in [-0.3, -0.25) is 14.5 Å². The Hall–Kier alpha value is -2.47. The van der Waals surface area contributed by atoms with Crippen LogP contribution in [0.15, 0.2) is 41.2 Å². The van der Waals surface area contributed by atoms with Gasteiger partial charge in [-0.05, 0) is 30.0 Å². The fourth-order valence-corrected chi connectivity index (χ4v) is 3.83. The van der Waals surface area contributed by atoms with Crippen LogP contribution in [0.5, 0.6) is 0 Å². The maximum Gasteiger partial charge on any atom is 0.274 e. The lowest BCUT2D eigenvalue weighted by Gasteiger charge is -2.33. The van der Waals surface area contributed by atoms with Crippen LogP contribution in [-0.4, -0.2) is 51.2 Å². The molecule has 1 amide bonds. The molecule has 3 heterocycles. The number of aryl methyl sites for hydroxylation is 1. The van der Waals surface area contributed by atoms with E-state index in [1.54, 1.807) is 7.05 Å². The average molecular weight is 338 g/mol. The number of likely N-dealkylation sites (tertiary alicyclic amines) is 1. The highest BCUT2D eigenvalue weighted by molar-refractivity contribution is 5.92. The zero-order valence-corrected chi connectivity index (χ0v) is 14.4. The van der Waals surface area contributed by atoms with E-state index in [2.05, 4.69) is 34.3 Å². The van der Waals surface area contributed by atoms with Crippen molar-refractivity contribution in [1.29, 1.82) is 0 Å². The van der Waals surface area contributed by atoms with Crippen molar-refractivity contribution in [3.05, 3.63) is 63.6 Å². The Balaban J connectivity index is 1.44. The zero-order valence-electron chi connectivity index (χ0n) is 14.4. The fraction of sp³-hybridized carbons (Fsp3) is 0.421. The summed E-state index contributed by atoms with van der Waals surface area (Å²) in [6.45, 7) is 3.47. The number of aromatic nitrogens is 2. The molecule has 0 radical (unpaired) electrons. The third-order valence-electron chi connectivity index (χ3n) is 5.31. The summed E-state index contributed by atoms with van der Waals surface area (Å²) in [4.78, 5) is 28.5. The number of benzene rings is 1. The van der Waals surface area contributed by atoms with Gasteiger partial charge >= 0.3 is 0 Å². The molecular weight excluding hydrogens is 316 g/mol. The van der Waals surface area contributed by atoms with E-state index in [0.717, 1.165) is 39.0 Å². The standard InChI is InChI=1S/C19H22N4O2/c1-21-18(24)7-6-17(20-21)19(25)23-11-9-16(13-23)22-10-8-14-4-2-3-5-15(14)12-22/h2-7,16H,8-13H2,1H3. The molecule has 0 N–H and O–H groups in total. The van der Waals surface area contributed by atoms with Gasteiger partial charge in [0.1, 0.15) is 5.69 Å². The number of nitrogens with zero attached hydrogens (tertiary/aromatic N) is 4. The molecule has 1 saturated heterocycles. The molecule has 130 valence electrons. The van der Waals surface area contributed by atoms with Crippen molar-refractivity contribution < 1.29 is 4.79 Å². The summed E-state index contributed by atoms with van der Waals surface area (Å²) in [7, 11) is 1.57. The molecule has 0 bridgehead atoms. The molecule has 1 unspecified atom stereocenters. The second-order valence-electron chi connectivity index (χ2n) is 6.86. The van der Waals surface area contributed by atoms with Crippen LogP contribution < -0.4 is 5.56 Å². The zero-order chi connectivity index (χ0) is 17.4. The lowest BCUT2D eigenvalue weighted by atomic mass is 9.98. The number of amides is 1. The minimum absolute atomic E-state index is 0.0875. The van der Waals surface area contributed by atoms with Crippen LogP contribution in [0.4, 0.5) is 0 Å². The van der Waals surface area contributed by atoms with Gasteiger partial charge in [0.05, 0.1) is 0 Å². The fourth-order valence-electron chi connectivity index (χ4n) is 3.83. The molecule has 6 heteroatoms. The van der Waals surface area contributed by atoms with Crippen LogP contribution in [0, 0.1) is 0 Å². The van der Waals surface area contributed by atoms with E-state index in [1.807, 2.05) is 4.90 Å². The summed E-state index contributed by atoms with van der Waals surface area (Å²) >= 11 is 0. The van der Waals surface area contributed by atoms with Crippen molar-refractivity contribution in [2.75, 3.05) is 19.6 Å². The molecule has 2 aliphatic rings. The predicted molar refractivity (Wildman–Crippen MR) is 94.3 cm³/mol. The van der Waals surface area contributed by atoms with Gasteiger partial charge < -0.3 is 4.90 Å². The van der Waals surface area contributed by atoms with Gasteiger partial charge in [-0.25, -0.2) is 4.68 Å². The number of fused-ring (bicyclic) bond motifs is 1. The van der Waals surface area contributed by atoms with Crippen molar-refractivity contribution in [2.45, 2.75) is 25.4 Å².